The standard InChI is InChI=1S/C14H18N2O2/c1-10-4-5-14(18-3)12(6-10)13(17)7-11-8-15-16(2)9-11/h4-6,8-9,13,17H,7H2,1-3H3. The van der Waals surface area contributed by atoms with Crippen LogP contribution >= 0.6 is 0 Å². The van der Waals surface area contributed by atoms with Gasteiger partial charge in [0.2, 0.25) is 0 Å². The molecule has 1 heterocycles. The van der Waals surface area contributed by atoms with E-state index in [9.17, 15) is 5.11 Å². The lowest BCUT2D eigenvalue weighted by Crippen LogP contribution is -2.04. The average Bonchev–Trinajstić information content (AvgIpc) is 2.74. The number of aryl methyl sites for hydroxylation is 2. The number of rotatable bonds is 4. The van der Waals surface area contributed by atoms with Gasteiger partial charge in [-0.1, -0.05) is 11.6 Å². The fourth-order valence-corrected chi connectivity index (χ4v) is 2.02. The molecule has 4 heteroatoms. The Hall–Kier alpha value is -1.81. The second-order valence-corrected chi connectivity index (χ2v) is 4.49. The Morgan fingerprint density at radius 2 is 2.22 bits per heavy atom. The molecular formula is C14H18N2O2. The zero-order valence-electron chi connectivity index (χ0n) is 10.9. The first-order valence-electron chi connectivity index (χ1n) is 5.90. The number of aliphatic hydroxyl groups excluding tert-OH is 1. The lowest BCUT2D eigenvalue weighted by molar-refractivity contribution is 0.174. The Morgan fingerprint density at radius 3 is 2.83 bits per heavy atom. The summed E-state index contributed by atoms with van der Waals surface area (Å²) in [6.45, 7) is 2.00. The molecule has 0 saturated heterocycles. The van der Waals surface area contributed by atoms with Gasteiger partial charge in [-0.25, -0.2) is 0 Å². The van der Waals surface area contributed by atoms with Crippen LogP contribution in [0.2, 0.25) is 0 Å². The normalized spacial score (nSPS) is 12.4. The monoisotopic (exact) mass is 246 g/mol. The highest BCUT2D eigenvalue weighted by Gasteiger charge is 2.14. The van der Waals surface area contributed by atoms with Crippen molar-refractivity contribution in [1.29, 1.82) is 0 Å². The van der Waals surface area contributed by atoms with Crippen molar-refractivity contribution in [3.63, 3.8) is 0 Å². The number of ether oxygens (including phenoxy) is 1. The van der Waals surface area contributed by atoms with Crippen LogP contribution < -0.4 is 4.74 Å². The third-order valence-corrected chi connectivity index (χ3v) is 2.93. The molecule has 1 N–H and O–H groups in total. The number of methoxy groups -OCH3 is 1. The Balaban J connectivity index is 2.22. The highest BCUT2D eigenvalue weighted by atomic mass is 16.5. The summed E-state index contributed by atoms with van der Waals surface area (Å²) < 4.78 is 7.02. The van der Waals surface area contributed by atoms with Crippen LogP contribution in [-0.2, 0) is 13.5 Å². The summed E-state index contributed by atoms with van der Waals surface area (Å²) in [7, 11) is 3.48. The molecule has 0 saturated carbocycles. The maximum atomic E-state index is 10.3. The molecule has 96 valence electrons. The van der Waals surface area contributed by atoms with Gasteiger partial charge in [0.05, 0.1) is 19.4 Å². The van der Waals surface area contributed by atoms with E-state index in [0.29, 0.717) is 6.42 Å². The van der Waals surface area contributed by atoms with Crippen molar-refractivity contribution in [2.24, 2.45) is 7.05 Å². The number of aliphatic hydroxyl groups is 1. The largest absolute Gasteiger partial charge is 0.496 e. The van der Waals surface area contributed by atoms with E-state index in [0.717, 1.165) is 22.4 Å². The minimum atomic E-state index is -0.580. The lowest BCUT2D eigenvalue weighted by atomic mass is 10.0. The van der Waals surface area contributed by atoms with Crippen molar-refractivity contribution < 1.29 is 9.84 Å². The highest BCUT2D eigenvalue weighted by molar-refractivity contribution is 5.39. The quantitative estimate of drug-likeness (QED) is 0.897. The topological polar surface area (TPSA) is 47.3 Å². The molecule has 0 aliphatic rings. The van der Waals surface area contributed by atoms with Gasteiger partial charge in [0.1, 0.15) is 5.75 Å². The van der Waals surface area contributed by atoms with Crippen molar-refractivity contribution in [2.45, 2.75) is 19.4 Å². The minimum absolute atomic E-state index is 0.535. The molecule has 18 heavy (non-hydrogen) atoms. The minimum Gasteiger partial charge on any atom is -0.496 e. The van der Waals surface area contributed by atoms with Crippen molar-refractivity contribution in [2.75, 3.05) is 7.11 Å². The highest BCUT2D eigenvalue weighted by Crippen LogP contribution is 2.28. The van der Waals surface area contributed by atoms with E-state index in [2.05, 4.69) is 5.10 Å². The second kappa shape index (κ2) is 5.23. The molecule has 2 aromatic rings. The van der Waals surface area contributed by atoms with E-state index >= 15 is 0 Å². The Morgan fingerprint density at radius 1 is 1.44 bits per heavy atom. The molecule has 1 aromatic carbocycles. The van der Waals surface area contributed by atoms with Gasteiger partial charge in [-0.05, 0) is 24.6 Å². The predicted octanol–water partition coefficient (Wildman–Crippen LogP) is 2.01. The average molecular weight is 246 g/mol. The van der Waals surface area contributed by atoms with Gasteiger partial charge in [0, 0.05) is 25.2 Å². The summed E-state index contributed by atoms with van der Waals surface area (Å²) in [5.74, 6) is 0.719. The first kappa shape index (κ1) is 12.6. The third kappa shape index (κ3) is 2.71. The molecule has 0 bridgehead atoms. The molecule has 1 unspecified atom stereocenters. The van der Waals surface area contributed by atoms with Gasteiger partial charge >= 0.3 is 0 Å². The molecule has 4 nitrogen and oxygen atoms in total. The van der Waals surface area contributed by atoms with Crippen LogP contribution in [0.3, 0.4) is 0 Å². The van der Waals surface area contributed by atoms with Gasteiger partial charge in [-0.3, -0.25) is 4.68 Å². The number of nitrogens with zero attached hydrogens (tertiary/aromatic N) is 2. The van der Waals surface area contributed by atoms with E-state index in [1.54, 1.807) is 18.0 Å². The Bertz CT molecular complexity index is 534. The third-order valence-electron chi connectivity index (χ3n) is 2.93. The fraction of sp³-hybridized carbons (Fsp3) is 0.357. The van der Waals surface area contributed by atoms with Gasteiger partial charge < -0.3 is 9.84 Å². The van der Waals surface area contributed by atoms with E-state index in [1.807, 2.05) is 38.4 Å². The van der Waals surface area contributed by atoms with Crippen molar-refractivity contribution in [1.82, 2.24) is 9.78 Å². The zero-order valence-corrected chi connectivity index (χ0v) is 10.9. The summed E-state index contributed by atoms with van der Waals surface area (Å²) in [5.41, 5.74) is 2.94. The zero-order chi connectivity index (χ0) is 13.1. The van der Waals surface area contributed by atoms with Crippen LogP contribution in [0.25, 0.3) is 0 Å². The number of hydrogen-bond acceptors (Lipinski definition) is 3. The van der Waals surface area contributed by atoms with Gasteiger partial charge in [-0.2, -0.15) is 5.10 Å². The van der Waals surface area contributed by atoms with Crippen LogP contribution in [0, 0.1) is 6.92 Å². The van der Waals surface area contributed by atoms with Crippen molar-refractivity contribution >= 4 is 0 Å². The maximum absolute atomic E-state index is 10.3. The maximum Gasteiger partial charge on any atom is 0.124 e. The summed E-state index contributed by atoms with van der Waals surface area (Å²) in [4.78, 5) is 0. The fourth-order valence-electron chi connectivity index (χ4n) is 2.02. The van der Waals surface area contributed by atoms with E-state index < -0.39 is 6.10 Å². The molecule has 0 amide bonds. The summed E-state index contributed by atoms with van der Waals surface area (Å²) >= 11 is 0. The SMILES string of the molecule is COc1ccc(C)cc1C(O)Cc1cnn(C)c1. The second-order valence-electron chi connectivity index (χ2n) is 4.49. The molecule has 0 radical (unpaired) electrons. The molecular weight excluding hydrogens is 228 g/mol. The van der Waals surface area contributed by atoms with Gasteiger partial charge in [0.15, 0.2) is 0 Å². The molecule has 2 rings (SSSR count). The van der Waals surface area contributed by atoms with Crippen LogP contribution in [0.15, 0.2) is 30.6 Å². The van der Waals surface area contributed by atoms with Gasteiger partial charge in [0.25, 0.3) is 0 Å². The molecule has 0 fully saturated rings. The van der Waals surface area contributed by atoms with Crippen LogP contribution in [0.5, 0.6) is 5.75 Å². The van der Waals surface area contributed by atoms with Crippen molar-refractivity contribution in [3.8, 4) is 5.75 Å². The van der Waals surface area contributed by atoms with E-state index in [1.165, 1.54) is 0 Å². The smallest absolute Gasteiger partial charge is 0.124 e. The summed E-state index contributed by atoms with van der Waals surface area (Å²) in [5, 5.41) is 14.4. The molecule has 0 aliphatic carbocycles. The Kier molecular flexibility index (Phi) is 3.67. The molecule has 0 spiro atoms. The first-order valence-corrected chi connectivity index (χ1v) is 5.90. The van der Waals surface area contributed by atoms with E-state index in [-0.39, 0.29) is 0 Å². The summed E-state index contributed by atoms with van der Waals surface area (Å²) in [6, 6.07) is 5.82. The molecule has 1 aromatic heterocycles. The number of aromatic nitrogens is 2. The number of benzene rings is 1. The first-order chi connectivity index (χ1) is 8.60. The van der Waals surface area contributed by atoms with Crippen LogP contribution in [-0.4, -0.2) is 22.0 Å². The Labute approximate surface area is 107 Å². The summed E-state index contributed by atoms with van der Waals surface area (Å²) in [6.07, 6.45) is 3.63. The number of hydrogen-bond donors (Lipinski definition) is 1. The molecule has 1 atom stereocenters. The van der Waals surface area contributed by atoms with Crippen LogP contribution in [0.1, 0.15) is 22.8 Å². The predicted molar refractivity (Wildman–Crippen MR) is 69.6 cm³/mol. The van der Waals surface area contributed by atoms with Crippen LogP contribution in [0.4, 0.5) is 0 Å². The van der Waals surface area contributed by atoms with Crippen molar-refractivity contribution in [3.05, 3.63) is 47.3 Å². The molecule has 0 aliphatic heterocycles. The lowest BCUT2D eigenvalue weighted by Gasteiger charge is -2.14. The van der Waals surface area contributed by atoms with E-state index in [4.69, 9.17) is 4.74 Å². The van der Waals surface area contributed by atoms with Gasteiger partial charge in [-0.15, -0.1) is 0 Å².